The lowest BCUT2D eigenvalue weighted by atomic mass is 9.94. The third-order valence-electron chi connectivity index (χ3n) is 5.20. The maximum atomic E-state index is 11.3. The van der Waals surface area contributed by atoms with Gasteiger partial charge in [-0.05, 0) is 61.2 Å². The molecule has 0 spiro atoms. The van der Waals surface area contributed by atoms with Crippen LogP contribution in [0.5, 0.6) is 23.0 Å². The molecular weight excluding hydrogens is 465 g/mol. The van der Waals surface area contributed by atoms with E-state index in [4.69, 9.17) is 35.9 Å². The van der Waals surface area contributed by atoms with E-state index in [1.54, 1.807) is 6.07 Å². The van der Waals surface area contributed by atoms with Gasteiger partial charge in [0.15, 0.2) is 0 Å². The molecule has 7 nitrogen and oxygen atoms in total. The molecule has 3 N–H and O–H groups in total. The average Bonchev–Trinajstić information content (AvgIpc) is 2.79. The SMILES string of the molecule is NC1(CCCc2ccc(Oc3cccc(Oc4ccccc4)c3)cc2Cl)COP(=O)(O)OC1. The van der Waals surface area contributed by atoms with Crippen LogP contribution < -0.4 is 15.2 Å². The zero-order valence-electron chi connectivity index (χ0n) is 17.9. The third-order valence-corrected chi connectivity index (χ3v) is 6.46. The van der Waals surface area contributed by atoms with Crippen LogP contribution in [0, 0.1) is 0 Å². The number of phosphoric ester groups is 1. The highest BCUT2D eigenvalue weighted by molar-refractivity contribution is 7.47. The van der Waals surface area contributed by atoms with E-state index >= 15 is 0 Å². The summed E-state index contributed by atoms with van der Waals surface area (Å²) < 4.78 is 32.8. The number of ether oxygens (including phenoxy) is 2. The Bertz CT molecular complexity index is 1130. The van der Waals surface area contributed by atoms with Gasteiger partial charge in [0.25, 0.3) is 0 Å². The topological polar surface area (TPSA) is 100 Å². The molecule has 174 valence electrons. The van der Waals surface area contributed by atoms with Gasteiger partial charge in [-0.1, -0.05) is 41.9 Å². The molecular formula is C24H25ClNO6P. The molecule has 4 rings (SSSR count). The van der Waals surface area contributed by atoms with Gasteiger partial charge in [0.1, 0.15) is 23.0 Å². The molecule has 1 heterocycles. The molecule has 0 radical (unpaired) electrons. The van der Waals surface area contributed by atoms with E-state index < -0.39 is 13.4 Å². The van der Waals surface area contributed by atoms with Crippen LogP contribution in [0.3, 0.4) is 0 Å². The van der Waals surface area contributed by atoms with Crippen molar-refractivity contribution in [3.63, 3.8) is 0 Å². The van der Waals surface area contributed by atoms with E-state index in [0.29, 0.717) is 35.1 Å². The quantitative estimate of drug-likeness (QED) is 0.369. The predicted molar refractivity (Wildman–Crippen MR) is 126 cm³/mol. The van der Waals surface area contributed by atoms with Crippen LogP contribution in [0.2, 0.25) is 5.02 Å². The lowest BCUT2D eigenvalue weighted by Crippen LogP contribution is -2.50. The summed E-state index contributed by atoms with van der Waals surface area (Å²) in [5.74, 6) is 2.67. The van der Waals surface area contributed by atoms with Gasteiger partial charge in [-0.25, -0.2) is 4.57 Å². The third kappa shape index (κ3) is 6.81. The summed E-state index contributed by atoms with van der Waals surface area (Å²) in [5, 5.41) is 0.589. The van der Waals surface area contributed by atoms with Gasteiger partial charge in [0.2, 0.25) is 0 Å². The van der Waals surface area contributed by atoms with Crippen molar-refractivity contribution in [2.45, 2.75) is 24.8 Å². The highest BCUT2D eigenvalue weighted by Gasteiger charge is 2.38. The lowest BCUT2D eigenvalue weighted by Gasteiger charge is -2.34. The zero-order valence-corrected chi connectivity index (χ0v) is 19.5. The predicted octanol–water partition coefficient (Wildman–Crippen LogP) is 6.09. The van der Waals surface area contributed by atoms with Crippen LogP contribution in [0.4, 0.5) is 0 Å². The molecule has 0 amide bonds. The number of hydrogen-bond acceptors (Lipinski definition) is 6. The van der Waals surface area contributed by atoms with Crippen molar-refractivity contribution in [2.24, 2.45) is 5.73 Å². The van der Waals surface area contributed by atoms with E-state index in [1.165, 1.54) is 0 Å². The van der Waals surface area contributed by atoms with Gasteiger partial charge >= 0.3 is 7.82 Å². The number of phosphoric acid groups is 1. The molecule has 0 bridgehead atoms. The second-order valence-corrected chi connectivity index (χ2v) is 9.84. The van der Waals surface area contributed by atoms with Crippen LogP contribution >= 0.6 is 19.4 Å². The Morgan fingerprint density at radius 2 is 1.52 bits per heavy atom. The van der Waals surface area contributed by atoms with E-state index in [-0.39, 0.29) is 13.2 Å². The highest BCUT2D eigenvalue weighted by atomic mass is 35.5. The minimum atomic E-state index is -3.94. The van der Waals surface area contributed by atoms with Crippen LogP contribution in [0.15, 0.2) is 72.8 Å². The summed E-state index contributed by atoms with van der Waals surface area (Å²) >= 11 is 6.47. The molecule has 0 unspecified atom stereocenters. The summed E-state index contributed by atoms with van der Waals surface area (Å²) in [6.45, 7) is -0.0390. The molecule has 0 aromatic heterocycles. The van der Waals surface area contributed by atoms with E-state index in [0.717, 1.165) is 17.7 Å². The smallest absolute Gasteiger partial charge is 0.457 e. The lowest BCUT2D eigenvalue weighted by molar-refractivity contribution is 0.0362. The van der Waals surface area contributed by atoms with Gasteiger partial charge in [-0.2, -0.15) is 0 Å². The first kappa shape index (κ1) is 23.8. The van der Waals surface area contributed by atoms with Crippen molar-refractivity contribution in [1.29, 1.82) is 0 Å². The van der Waals surface area contributed by atoms with E-state index in [1.807, 2.05) is 66.7 Å². The Morgan fingerprint density at radius 3 is 2.18 bits per heavy atom. The standard InChI is InChI=1S/C24H25ClNO6P/c25-23-15-22(32-21-10-4-9-20(14-21)31-19-7-2-1-3-8-19)12-11-18(23)6-5-13-24(26)16-29-33(27,28)30-17-24/h1-4,7-12,14-15H,5-6,13,16-17,26H2,(H,27,28). The first-order valence-corrected chi connectivity index (χ1v) is 12.4. The number of hydrogen-bond donors (Lipinski definition) is 2. The first-order chi connectivity index (χ1) is 15.8. The molecule has 3 aromatic rings. The molecule has 3 aromatic carbocycles. The van der Waals surface area contributed by atoms with E-state index in [9.17, 15) is 9.46 Å². The molecule has 1 saturated heterocycles. The molecule has 0 saturated carbocycles. The number of para-hydroxylation sites is 1. The van der Waals surface area contributed by atoms with Gasteiger partial charge < -0.3 is 20.1 Å². The zero-order chi connectivity index (χ0) is 23.3. The van der Waals surface area contributed by atoms with Crippen LogP contribution in [-0.4, -0.2) is 23.6 Å². The molecule has 1 aliphatic heterocycles. The Balaban J connectivity index is 1.32. The maximum absolute atomic E-state index is 11.3. The van der Waals surface area contributed by atoms with E-state index in [2.05, 4.69) is 0 Å². The number of aryl methyl sites for hydroxylation is 1. The fourth-order valence-corrected chi connectivity index (χ4v) is 4.61. The number of benzene rings is 3. The van der Waals surface area contributed by atoms with Crippen molar-refractivity contribution in [2.75, 3.05) is 13.2 Å². The Kier molecular flexibility index (Phi) is 7.39. The molecule has 9 heteroatoms. The van der Waals surface area contributed by atoms with Crippen molar-refractivity contribution in [3.05, 3.63) is 83.4 Å². The second kappa shape index (κ2) is 10.3. The Morgan fingerprint density at radius 1 is 0.909 bits per heavy atom. The number of halogens is 1. The maximum Gasteiger partial charge on any atom is 0.472 e. The molecule has 1 fully saturated rings. The molecule has 1 aliphatic rings. The average molecular weight is 490 g/mol. The van der Waals surface area contributed by atoms with Crippen molar-refractivity contribution < 1.29 is 28.0 Å². The van der Waals surface area contributed by atoms with Crippen molar-refractivity contribution >= 4 is 19.4 Å². The van der Waals surface area contributed by atoms with Crippen molar-refractivity contribution in [3.8, 4) is 23.0 Å². The first-order valence-electron chi connectivity index (χ1n) is 10.5. The molecule has 0 aliphatic carbocycles. The van der Waals surface area contributed by atoms with Gasteiger partial charge in [0, 0.05) is 11.1 Å². The fourth-order valence-electron chi connectivity index (χ4n) is 3.43. The normalized spacial score (nSPS) is 22.6. The Hall–Kier alpha value is -2.38. The minimum absolute atomic E-state index is 0.0195. The largest absolute Gasteiger partial charge is 0.472 e. The second-order valence-electron chi connectivity index (χ2n) is 7.98. The van der Waals surface area contributed by atoms with Gasteiger partial charge in [-0.15, -0.1) is 0 Å². The van der Waals surface area contributed by atoms with Crippen LogP contribution in [-0.2, 0) is 20.0 Å². The van der Waals surface area contributed by atoms with Crippen molar-refractivity contribution in [1.82, 2.24) is 0 Å². The van der Waals surface area contributed by atoms with Gasteiger partial charge in [0.05, 0.1) is 18.8 Å². The molecule has 33 heavy (non-hydrogen) atoms. The Labute approximate surface area is 197 Å². The summed E-state index contributed by atoms with van der Waals surface area (Å²) in [6, 6.07) is 22.5. The number of rotatable bonds is 8. The monoisotopic (exact) mass is 489 g/mol. The summed E-state index contributed by atoms with van der Waals surface area (Å²) in [4.78, 5) is 9.28. The fraction of sp³-hybridized carbons (Fsp3) is 0.250. The van der Waals surface area contributed by atoms with Gasteiger partial charge in [-0.3, -0.25) is 9.05 Å². The summed E-state index contributed by atoms with van der Waals surface area (Å²) in [6.07, 6.45) is 1.97. The van der Waals surface area contributed by atoms with Crippen LogP contribution in [0.25, 0.3) is 0 Å². The van der Waals surface area contributed by atoms with Crippen LogP contribution in [0.1, 0.15) is 18.4 Å². The number of nitrogens with two attached hydrogens (primary N) is 1. The molecule has 0 atom stereocenters. The summed E-state index contributed by atoms with van der Waals surface area (Å²) in [5.41, 5.74) is 6.37. The highest BCUT2D eigenvalue weighted by Crippen LogP contribution is 2.48. The summed E-state index contributed by atoms with van der Waals surface area (Å²) in [7, 11) is -3.94. The minimum Gasteiger partial charge on any atom is -0.457 e.